The topological polar surface area (TPSA) is 25.8 Å². The Labute approximate surface area is 106 Å². The monoisotopic (exact) mass is 280 g/mol. The van der Waals surface area contributed by atoms with E-state index in [2.05, 4.69) is 16.9 Å². The predicted octanol–water partition coefficient (Wildman–Crippen LogP) is 4.38. The molecule has 2 nitrogen and oxygen atoms in total. The molecule has 0 radical (unpaired) electrons. The molecule has 0 spiro atoms. The average Bonchev–Trinajstić information content (AvgIpc) is 2.61. The van der Waals surface area contributed by atoms with Gasteiger partial charge in [0.1, 0.15) is 9.98 Å². The summed E-state index contributed by atoms with van der Waals surface area (Å²) in [6, 6.07) is 2.00. The average molecular weight is 282 g/mol. The fraction of sp³-hybridized carbons (Fsp3) is 0.333. The minimum atomic E-state index is -0.737. The molecular formula is C9H7Cl3N2S. The second-order valence-electron chi connectivity index (χ2n) is 2.96. The molecule has 2 aromatic heterocycles. The summed E-state index contributed by atoms with van der Waals surface area (Å²) >= 11 is 19.0. The molecule has 80 valence electrons. The Hall–Kier alpha value is -0.0900. The van der Waals surface area contributed by atoms with Crippen LogP contribution in [-0.2, 0) is 6.42 Å². The zero-order valence-electron chi connectivity index (χ0n) is 7.80. The molecule has 0 saturated heterocycles. The highest BCUT2D eigenvalue weighted by atomic mass is 35.5. The van der Waals surface area contributed by atoms with Gasteiger partial charge in [0, 0.05) is 10.3 Å². The van der Waals surface area contributed by atoms with Crippen molar-refractivity contribution in [2.45, 2.75) is 18.2 Å². The second kappa shape index (κ2) is 4.42. The normalized spacial score (nSPS) is 11.5. The zero-order chi connectivity index (χ0) is 11.0. The van der Waals surface area contributed by atoms with E-state index < -0.39 is 4.84 Å². The molecule has 0 atom stereocenters. The number of hydrogen-bond acceptors (Lipinski definition) is 3. The highest BCUT2D eigenvalue weighted by molar-refractivity contribution is 7.18. The van der Waals surface area contributed by atoms with E-state index in [1.165, 1.54) is 4.88 Å². The molecule has 0 fully saturated rings. The van der Waals surface area contributed by atoms with Crippen LogP contribution in [0.4, 0.5) is 0 Å². The van der Waals surface area contributed by atoms with Crippen LogP contribution >= 0.6 is 46.1 Å². The van der Waals surface area contributed by atoms with Crippen molar-refractivity contribution in [2.24, 2.45) is 0 Å². The van der Waals surface area contributed by atoms with Gasteiger partial charge in [0.05, 0.1) is 0 Å². The lowest BCUT2D eigenvalue weighted by Crippen LogP contribution is -1.93. The molecule has 2 heterocycles. The van der Waals surface area contributed by atoms with E-state index >= 15 is 0 Å². The van der Waals surface area contributed by atoms with E-state index in [1.807, 2.05) is 6.07 Å². The Kier molecular flexibility index (Phi) is 3.36. The van der Waals surface area contributed by atoms with Crippen LogP contribution in [0.5, 0.6) is 0 Å². The summed E-state index contributed by atoms with van der Waals surface area (Å²) in [6.45, 7) is 2.08. The summed E-state index contributed by atoms with van der Waals surface area (Å²) in [5.74, 6) is 0.361. The first-order chi connectivity index (χ1) is 7.11. The van der Waals surface area contributed by atoms with Gasteiger partial charge in [0.2, 0.25) is 0 Å². The van der Waals surface area contributed by atoms with Gasteiger partial charge in [-0.05, 0) is 12.5 Å². The Morgan fingerprint density at radius 3 is 2.73 bits per heavy atom. The van der Waals surface area contributed by atoms with Gasteiger partial charge in [-0.15, -0.1) is 11.3 Å². The van der Waals surface area contributed by atoms with Crippen LogP contribution in [0.25, 0.3) is 10.2 Å². The van der Waals surface area contributed by atoms with Crippen molar-refractivity contribution in [3.05, 3.63) is 21.9 Å². The molecule has 2 rings (SSSR count). The second-order valence-corrected chi connectivity index (χ2v) is 5.53. The Bertz CT molecular complexity index is 495. The number of aryl methyl sites for hydroxylation is 1. The van der Waals surface area contributed by atoms with Crippen molar-refractivity contribution in [3.63, 3.8) is 0 Å². The molecule has 0 unspecified atom stereocenters. The number of halogens is 3. The van der Waals surface area contributed by atoms with Crippen LogP contribution in [0.2, 0.25) is 5.15 Å². The van der Waals surface area contributed by atoms with E-state index in [-0.39, 0.29) is 0 Å². The van der Waals surface area contributed by atoms with Crippen LogP contribution in [0, 0.1) is 0 Å². The first kappa shape index (κ1) is 11.4. The van der Waals surface area contributed by atoms with Crippen molar-refractivity contribution < 1.29 is 0 Å². The lowest BCUT2D eigenvalue weighted by Gasteiger charge is -2.00. The summed E-state index contributed by atoms with van der Waals surface area (Å²) < 4.78 is 0. The third-order valence-corrected chi connectivity index (χ3v) is 3.81. The number of thiophene rings is 1. The van der Waals surface area contributed by atoms with E-state index in [0.29, 0.717) is 11.0 Å². The highest BCUT2D eigenvalue weighted by Crippen LogP contribution is 2.32. The first-order valence-corrected chi connectivity index (χ1v) is 6.42. The molecule has 0 amide bonds. The predicted molar refractivity (Wildman–Crippen MR) is 66.3 cm³/mol. The van der Waals surface area contributed by atoms with Gasteiger partial charge in [-0.1, -0.05) is 41.7 Å². The standard InChI is InChI=1S/C9H7Cl3N2S/c1-2-4-3-5-7(12)13-8(6(10)11)14-9(5)15-4/h3,6H,2H2,1H3. The minimum Gasteiger partial charge on any atom is -0.219 e. The maximum Gasteiger partial charge on any atom is 0.167 e. The van der Waals surface area contributed by atoms with Crippen LogP contribution in [0.15, 0.2) is 6.07 Å². The van der Waals surface area contributed by atoms with Crippen molar-refractivity contribution in [3.8, 4) is 0 Å². The maximum absolute atomic E-state index is 6.01. The molecule has 0 aliphatic rings. The molecule has 6 heteroatoms. The van der Waals surface area contributed by atoms with Crippen molar-refractivity contribution >= 4 is 56.4 Å². The Balaban J connectivity index is 2.65. The van der Waals surface area contributed by atoms with E-state index in [1.54, 1.807) is 11.3 Å². The van der Waals surface area contributed by atoms with Crippen molar-refractivity contribution in [1.29, 1.82) is 0 Å². The molecule has 0 aliphatic carbocycles. The number of hydrogen-bond donors (Lipinski definition) is 0. The van der Waals surface area contributed by atoms with Crippen LogP contribution < -0.4 is 0 Å². The molecule has 0 bridgehead atoms. The fourth-order valence-electron chi connectivity index (χ4n) is 1.22. The quantitative estimate of drug-likeness (QED) is 0.603. The molecule has 0 saturated carbocycles. The Morgan fingerprint density at radius 1 is 1.40 bits per heavy atom. The molecular weight excluding hydrogens is 275 g/mol. The Morgan fingerprint density at radius 2 is 2.13 bits per heavy atom. The molecule has 0 aromatic carbocycles. The van der Waals surface area contributed by atoms with Crippen molar-refractivity contribution in [1.82, 2.24) is 9.97 Å². The fourth-order valence-corrected chi connectivity index (χ4v) is 2.68. The van der Waals surface area contributed by atoms with E-state index in [9.17, 15) is 0 Å². The lowest BCUT2D eigenvalue weighted by molar-refractivity contribution is 1.05. The minimum absolute atomic E-state index is 0.361. The van der Waals surface area contributed by atoms with E-state index in [0.717, 1.165) is 16.6 Å². The number of rotatable bonds is 2. The largest absolute Gasteiger partial charge is 0.219 e. The summed E-state index contributed by atoms with van der Waals surface area (Å²) in [5, 5.41) is 1.29. The van der Waals surface area contributed by atoms with Crippen molar-refractivity contribution in [2.75, 3.05) is 0 Å². The molecule has 2 aromatic rings. The SMILES string of the molecule is CCc1cc2c(Cl)nc(C(Cl)Cl)nc2s1. The third-order valence-electron chi connectivity index (χ3n) is 1.96. The number of nitrogens with zero attached hydrogens (tertiary/aromatic N) is 2. The number of fused-ring (bicyclic) bond motifs is 1. The third kappa shape index (κ3) is 2.21. The van der Waals surface area contributed by atoms with Gasteiger partial charge in [-0.2, -0.15) is 0 Å². The van der Waals surface area contributed by atoms with Crippen LogP contribution in [0.3, 0.4) is 0 Å². The molecule has 0 N–H and O–H groups in total. The van der Waals surface area contributed by atoms with Gasteiger partial charge in [0.15, 0.2) is 10.7 Å². The number of aromatic nitrogens is 2. The zero-order valence-corrected chi connectivity index (χ0v) is 10.9. The summed E-state index contributed by atoms with van der Waals surface area (Å²) in [4.78, 5) is 9.63. The van der Waals surface area contributed by atoms with Gasteiger partial charge < -0.3 is 0 Å². The maximum atomic E-state index is 6.01. The summed E-state index contributed by atoms with van der Waals surface area (Å²) in [6.07, 6.45) is 0.956. The highest BCUT2D eigenvalue weighted by Gasteiger charge is 2.13. The van der Waals surface area contributed by atoms with Gasteiger partial charge in [-0.3, -0.25) is 0 Å². The van der Waals surface area contributed by atoms with Gasteiger partial charge in [0.25, 0.3) is 0 Å². The van der Waals surface area contributed by atoms with Crippen LogP contribution in [0.1, 0.15) is 22.5 Å². The number of alkyl halides is 2. The first-order valence-electron chi connectivity index (χ1n) is 4.35. The summed E-state index contributed by atoms with van der Waals surface area (Å²) in [5.41, 5.74) is 0. The van der Waals surface area contributed by atoms with Crippen LogP contribution in [-0.4, -0.2) is 9.97 Å². The van der Waals surface area contributed by atoms with E-state index in [4.69, 9.17) is 34.8 Å². The molecule has 0 aliphatic heterocycles. The smallest absolute Gasteiger partial charge is 0.167 e. The summed E-state index contributed by atoms with van der Waals surface area (Å²) in [7, 11) is 0. The lowest BCUT2D eigenvalue weighted by atomic mass is 10.3. The molecule has 15 heavy (non-hydrogen) atoms. The van der Waals surface area contributed by atoms with Gasteiger partial charge >= 0.3 is 0 Å². The van der Waals surface area contributed by atoms with Gasteiger partial charge in [-0.25, -0.2) is 9.97 Å².